The molecule has 0 aromatic heterocycles. The number of nitro groups is 1. The number of hydrogen-bond donors (Lipinski definition) is 1. The SMILES string of the molecule is CCOc1cc(N2CCN(CC(=O)Nc3ccccc3F)CC2)ccc1[N+](=O)[O-]. The summed E-state index contributed by atoms with van der Waals surface area (Å²) in [5.41, 5.74) is 0.957. The minimum Gasteiger partial charge on any atom is -0.487 e. The van der Waals surface area contributed by atoms with Crippen molar-refractivity contribution >= 4 is 23.0 Å². The molecule has 0 spiro atoms. The first-order valence-electron chi connectivity index (χ1n) is 9.41. The molecule has 1 fully saturated rings. The summed E-state index contributed by atoms with van der Waals surface area (Å²) in [6.45, 7) is 4.91. The highest BCUT2D eigenvalue weighted by Crippen LogP contribution is 2.32. The molecule has 1 heterocycles. The molecule has 0 unspecified atom stereocenters. The van der Waals surface area contributed by atoms with Gasteiger partial charge in [0.05, 0.1) is 23.8 Å². The lowest BCUT2D eigenvalue weighted by atomic mass is 10.2. The minimum absolute atomic E-state index is 0.0564. The fourth-order valence-corrected chi connectivity index (χ4v) is 3.24. The third-order valence-electron chi connectivity index (χ3n) is 4.69. The maximum Gasteiger partial charge on any atom is 0.311 e. The van der Waals surface area contributed by atoms with Gasteiger partial charge in [-0.1, -0.05) is 12.1 Å². The number of carbonyl (C=O) groups excluding carboxylic acids is 1. The highest BCUT2D eigenvalue weighted by molar-refractivity contribution is 5.92. The molecule has 154 valence electrons. The Balaban J connectivity index is 1.56. The van der Waals surface area contributed by atoms with E-state index >= 15 is 0 Å². The van der Waals surface area contributed by atoms with Crippen LogP contribution in [0.4, 0.5) is 21.5 Å². The third-order valence-corrected chi connectivity index (χ3v) is 4.69. The van der Waals surface area contributed by atoms with E-state index in [1.54, 1.807) is 31.2 Å². The highest BCUT2D eigenvalue weighted by Gasteiger charge is 2.22. The monoisotopic (exact) mass is 402 g/mol. The van der Waals surface area contributed by atoms with Gasteiger partial charge in [0, 0.05) is 44.0 Å². The molecule has 3 rings (SSSR count). The summed E-state index contributed by atoms with van der Waals surface area (Å²) in [6, 6.07) is 10.9. The van der Waals surface area contributed by atoms with Crippen molar-refractivity contribution in [3.8, 4) is 5.75 Å². The number of amides is 1. The van der Waals surface area contributed by atoms with Gasteiger partial charge in [-0.2, -0.15) is 0 Å². The normalized spacial score (nSPS) is 14.5. The van der Waals surface area contributed by atoms with Crippen LogP contribution in [0.2, 0.25) is 0 Å². The summed E-state index contributed by atoms with van der Waals surface area (Å²) in [4.78, 5) is 26.9. The first-order valence-corrected chi connectivity index (χ1v) is 9.41. The van der Waals surface area contributed by atoms with Crippen molar-refractivity contribution < 1.29 is 18.8 Å². The fraction of sp³-hybridized carbons (Fsp3) is 0.350. The van der Waals surface area contributed by atoms with Gasteiger partial charge in [0.1, 0.15) is 5.82 Å². The number of piperazine rings is 1. The molecule has 2 aromatic carbocycles. The van der Waals surface area contributed by atoms with Gasteiger partial charge < -0.3 is 15.0 Å². The molecule has 1 aliphatic heterocycles. The van der Waals surface area contributed by atoms with Crippen LogP contribution < -0.4 is 15.0 Å². The molecule has 0 bridgehead atoms. The molecule has 8 nitrogen and oxygen atoms in total. The van der Waals surface area contributed by atoms with Crippen molar-refractivity contribution in [2.24, 2.45) is 0 Å². The number of nitro benzene ring substituents is 1. The number of halogens is 1. The number of carbonyl (C=O) groups is 1. The number of nitrogens with zero attached hydrogens (tertiary/aromatic N) is 3. The van der Waals surface area contributed by atoms with E-state index in [-0.39, 0.29) is 29.6 Å². The smallest absolute Gasteiger partial charge is 0.311 e. The van der Waals surface area contributed by atoms with Gasteiger partial charge in [-0.25, -0.2) is 4.39 Å². The Labute approximate surface area is 168 Å². The van der Waals surface area contributed by atoms with Gasteiger partial charge in [0.15, 0.2) is 5.75 Å². The van der Waals surface area contributed by atoms with Crippen LogP contribution in [0.25, 0.3) is 0 Å². The first-order chi connectivity index (χ1) is 14.0. The van der Waals surface area contributed by atoms with Crippen LogP contribution in [-0.4, -0.2) is 55.1 Å². The molecule has 2 aromatic rings. The highest BCUT2D eigenvalue weighted by atomic mass is 19.1. The van der Waals surface area contributed by atoms with Crippen molar-refractivity contribution in [3.05, 3.63) is 58.4 Å². The van der Waals surface area contributed by atoms with Gasteiger partial charge in [-0.15, -0.1) is 0 Å². The number of para-hydroxylation sites is 1. The van der Waals surface area contributed by atoms with E-state index in [2.05, 4.69) is 10.2 Å². The summed E-state index contributed by atoms with van der Waals surface area (Å²) in [7, 11) is 0. The summed E-state index contributed by atoms with van der Waals surface area (Å²) in [5, 5.41) is 13.7. The molecule has 1 amide bonds. The molecule has 0 radical (unpaired) electrons. The number of benzene rings is 2. The van der Waals surface area contributed by atoms with Crippen LogP contribution in [0.1, 0.15) is 6.92 Å². The summed E-state index contributed by atoms with van der Waals surface area (Å²) >= 11 is 0. The third kappa shape index (κ3) is 5.20. The standard InChI is InChI=1S/C20H23FN4O4/c1-2-29-19-13-15(7-8-18(19)25(27)28)24-11-9-23(10-12-24)14-20(26)22-17-6-4-3-5-16(17)21/h3-8,13H,2,9-12,14H2,1H3,(H,22,26). The van der Waals surface area contributed by atoms with Crippen molar-refractivity contribution in [2.45, 2.75) is 6.92 Å². The van der Waals surface area contributed by atoms with Crippen molar-refractivity contribution in [1.82, 2.24) is 4.90 Å². The predicted octanol–water partition coefficient (Wildman–Crippen LogP) is 2.89. The molecule has 1 aliphatic rings. The van der Waals surface area contributed by atoms with Gasteiger partial charge in [0.2, 0.25) is 5.91 Å². The maximum absolute atomic E-state index is 13.6. The Morgan fingerprint density at radius 2 is 1.93 bits per heavy atom. The van der Waals surface area contributed by atoms with Gasteiger partial charge in [-0.3, -0.25) is 19.8 Å². The Kier molecular flexibility index (Phi) is 6.61. The molecule has 0 aliphatic carbocycles. The molecular weight excluding hydrogens is 379 g/mol. The zero-order valence-electron chi connectivity index (χ0n) is 16.1. The average Bonchev–Trinajstić information content (AvgIpc) is 2.70. The zero-order valence-corrected chi connectivity index (χ0v) is 16.1. The predicted molar refractivity (Wildman–Crippen MR) is 108 cm³/mol. The Bertz CT molecular complexity index is 885. The Hall–Kier alpha value is -3.20. The average molecular weight is 402 g/mol. The molecule has 0 atom stereocenters. The quantitative estimate of drug-likeness (QED) is 0.566. The second-order valence-corrected chi connectivity index (χ2v) is 6.63. The van der Waals surface area contributed by atoms with Crippen LogP contribution in [0.5, 0.6) is 5.75 Å². The van der Waals surface area contributed by atoms with E-state index in [0.29, 0.717) is 32.8 Å². The number of hydrogen-bond acceptors (Lipinski definition) is 6. The van der Waals surface area contributed by atoms with Crippen molar-refractivity contribution in [3.63, 3.8) is 0 Å². The fourth-order valence-electron chi connectivity index (χ4n) is 3.24. The van der Waals surface area contributed by atoms with Gasteiger partial charge in [-0.05, 0) is 25.1 Å². The topological polar surface area (TPSA) is 88.0 Å². The summed E-state index contributed by atoms with van der Waals surface area (Å²) < 4.78 is 19.1. The summed E-state index contributed by atoms with van der Waals surface area (Å²) in [5.74, 6) is -0.479. The van der Waals surface area contributed by atoms with Crippen LogP contribution >= 0.6 is 0 Å². The zero-order chi connectivity index (χ0) is 20.8. The number of ether oxygens (including phenoxy) is 1. The van der Waals surface area contributed by atoms with Gasteiger partial charge in [0.25, 0.3) is 0 Å². The summed E-state index contributed by atoms with van der Waals surface area (Å²) in [6.07, 6.45) is 0. The van der Waals surface area contributed by atoms with E-state index in [4.69, 9.17) is 4.74 Å². The molecule has 29 heavy (non-hydrogen) atoms. The molecule has 0 saturated carbocycles. The lowest BCUT2D eigenvalue weighted by Gasteiger charge is -2.35. The van der Waals surface area contributed by atoms with Crippen molar-refractivity contribution in [2.75, 3.05) is 49.5 Å². The van der Waals surface area contributed by atoms with E-state index < -0.39 is 10.7 Å². The largest absolute Gasteiger partial charge is 0.487 e. The van der Waals surface area contributed by atoms with Crippen molar-refractivity contribution in [1.29, 1.82) is 0 Å². The minimum atomic E-state index is -0.464. The number of rotatable bonds is 7. The molecular formula is C20H23FN4O4. The first kappa shape index (κ1) is 20.5. The second kappa shape index (κ2) is 9.33. The van der Waals surface area contributed by atoms with E-state index in [9.17, 15) is 19.3 Å². The lowest BCUT2D eigenvalue weighted by molar-refractivity contribution is -0.385. The Morgan fingerprint density at radius 3 is 2.59 bits per heavy atom. The van der Waals surface area contributed by atoms with Crippen LogP contribution in [0.3, 0.4) is 0 Å². The lowest BCUT2D eigenvalue weighted by Crippen LogP contribution is -2.48. The molecule has 1 N–H and O–H groups in total. The van der Waals surface area contributed by atoms with Crippen LogP contribution in [0.15, 0.2) is 42.5 Å². The van der Waals surface area contributed by atoms with E-state index in [1.807, 2.05) is 4.90 Å². The molecule has 9 heteroatoms. The van der Waals surface area contributed by atoms with Gasteiger partial charge >= 0.3 is 5.69 Å². The van der Waals surface area contributed by atoms with E-state index in [1.165, 1.54) is 18.2 Å². The maximum atomic E-state index is 13.6. The number of anilines is 2. The Morgan fingerprint density at radius 1 is 1.21 bits per heavy atom. The van der Waals surface area contributed by atoms with Crippen LogP contribution in [-0.2, 0) is 4.79 Å². The second-order valence-electron chi connectivity index (χ2n) is 6.63. The number of nitrogens with one attached hydrogen (secondary N) is 1. The van der Waals surface area contributed by atoms with E-state index in [0.717, 1.165) is 5.69 Å². The molecule has 1 saturated heterocycles. The van der Waals surface area contributed by atoms with Crippen LogP contribution in [0, 0.1) is 15.9 Å².